The van der Waals surface area contributed by atoms with Gasteiger partial charge in [0, 0.05) is 17.4 Å². The van der Waals surface area contributed by atoms with E-state index in [0.717, 1.165) is 23.7 Å². The topological polar surface area (TPSA) is 44.9 Å². The van der Waals surface area contributed by atoms with Gasteiger partial charge in [-0.25, -0.2) is 4.39 Å². The van der Waals surface area contributed by atoms with Crippen LogP contribution in [0.25, 0.3) is 10.9 Å². The number of H-pyrrole nitrogens is 1. The number of nitrogens with one attached hydrogen (secondary N) is 2. The summed E-state index contributed by atoms with van der Waals surface area (Å²) in [6.07, 6.45) is 4.51. The van der Waals surface area contributed by atoms with Gasteiger partial charge in [0.2, 0.25) is 0 Å². The first-order valence-corrected chi connectivity index (χ1v) is 6.77. The van der Waals surface area contributed by atoms with Crippen LogP contribution in [0, 0.1) is 5.82 Å². The van der Waals surface area contributed by atoms with Crippen molar-refractivity contribution in [3.8, 4) is 0 Å². The first kappa shape index (κ1) is 13.6. The lowest BCUT2D eigenvalue weighted by molar-refractivity contribution is 0.0949. The molecule has 0 aliphatic carbocycles. The van der Waals surface area contributed by atoms with Gasteiger partial charge in [-0.1, -0.05) is 26.2 Å². The minimum absolute atomic E-state index is 0.131. The number of carbonyl (C=O) groups is 1. The Balaban J connectivity index is 1.94. The molecule has 1 amide bonds. The first-order valence-electron chi connectivity index (χ1n) is 6.77. The summed E-state index contributed by atoms with van der Waals surface area (Å²) in [5, 5.41) is 3.59. The third-order valence-electron chi connectivity index (χ3n) is 3.14. The Hall–Kier alpha value is -1.84. The molecule has 0 saturated carbocycles. The summed E-state index contributed by atoms with van der Waals surface area (Å²) < 4.78 is 13.1. The van der Waals surface area contributed by atoms with E-state index >= 15 is 0 Å². The zero-order valence-electron chi connectivity index (χ0n) is 11.1. The molecule has 2 aromatic rings. The number of aromatic amines is 1. The maximum Gasteiger partial charge on any atom is 0.267 e. The molecular formula is C15H19FN2O. The molecule has 0 aliphatic heterocycles. The van der Waals surface area contributed by atoms with Crippen LogP contribution in [-0.2, 0) is 0 Å². The van der Waals surface area contributed by atoms with Crippen molar-refractivity contribution in [2.75, 3.05) is 6.54 Å². The molecule has 0 atom stereocenters. The normalized spacial score (nSPS) is 10.8. The third kappa shape index (κ3) is 3.56. The standard InChI is InChI=1S/C15H19FN2O/c1-2-3-4-5-8-17-15(19)14-10-11-9-12(16)6-7-13(11)18-14/h6-7,9-10,18H,2-5,8H2,1H3,(H,17,19). The van der Waals surface area contributed by atoms with Gasteiger partial charge in [0.05, 0.1) is 0 Å². The molecule has 0 aliphatic rings. The third-order valence-corrected chi connectivity index (χ3v) is 3.14. The number of hydrogen-bond donors (Lipinski definition) is 2. The Morgan fingerprint density at radius 1 is 1.26 bits per heavy atom. The van der Waals surface area contributed by atoms with Crippen molar-refractivity contribution in [3.63, 3.8) is 0 Å². The van der Waals surface area contributed by atoms with Gasteiger partial charge in [0.1, 0.15) is 11.5 Å². The monoisotopic (exact) mass is 262 g/mol. The van der Waals surface area contributed by atoms with Crippen molar-refractivity contribution in [3.05, 3.63) is 35.8 Å². The Morgan fingerprint density at radius 2 is 2.11 bits per heavy atom. The predicted octanol–water partition coefficient (Wildman–Crippen LogP) is 3.62. The number of aromatic nitrogens is 1. The molecule has 102 valence electrons. The van der Waals surface area contributed by atoms with E-state index in [0.29, 0.717) is 12.2 Å². The molecule has 2 N–H and O–H groups in total. The number of benzene rings is 1. The number of amides is 1. The molecule has 0 radical (unpaired) electrons. The highest BCUT2D eigenvalue weighted by atomic mass is 19.1. The number of hydrogen-bond acceptors (Lipinski definition) is 1. The average Bonchev–Trinajstić information content (AvgIpc) is 2.81. The zero-order chi connectivity index (χ0) is 13.7. The van der Waals surface area contributed by atoms with E-state index < -0.39 is 0 Å². The van der Waals surface area contributed by atoms with Crippen molar-refractivity contribution in [2.24, 2.45) is 0 Å². The van der Waals surface area contributed by atoms with Crippen LogP contribution in [0.1, 0.15) is 43.1 Å². The van der Waals surface area contributed by atoms with Crippen molar-refractivity contribution in [1.82, 2.24) is 10.3 Å². The maximum absolute atomic E-state index is 13.1. The fourth-order valence-corrected chi connectivity index (χ4v) is 2.07. The number of carbonyl (C=O) groups excluding carboxylic acids is 1. The highest BCUT2D eigenvalue weighted by Crippen LogP contribution is 2.16. The van der Waals surface area contributed by atoms with Gasteiger partial charge in [-0.05, 0) is 30.7 Å². The summed E-state index contributed by atoms with van der Waals surface area (Å²) in [4.78, 5) is 14.9. The fraction of sp³-hybridized carbons (Fsp3) is 0.400. The summed E-state index contributed by atoms with van der Waals surface area (Å²) in [5.74, 6) is -0.425. The summed E-state index contributed by atoms with van der Waals surface area (Å²) in [5.41, 5.74) is 1.26. The smallest absolute Gasteiger partial charge is 0.267 e. The second-order valence-electron chi connectivity index (χ2n) is 4.73. The molecule has 0 fully saturated rings. The summed E-state index contributed by atoms with van der Waals surface area (Å²) in [6.45, 7) is 2.84. The first-order chi connectivity index (χ1) is 9.20. The average molecular weight is 262 g/mol. The highest BCUT2D eigenvalue weighted by molar-refractivity contribution is 5.97. The van der Waals surface area contributed by atoms with Crippen molar-refractivity contribution >= 4 is 16.8 Å². The van der Waals surface area contributed by atoms with Gasteiger partial charge >= 0.3 is 0 Å². The molecule has 2 rings (SSSR count). The van der Waals surface area contributed by atoms with Crippen molar-refractivity contribution < 1.29 is 9.18 Å². The van der Waals surface area contributed by atoms with Crippen molar-refractivity contribution in [1.29, 1.82) is 0 Å². The maximum atomic E-state index is 13.1. The van der Waals surface area contributed by atoms with Gasteiger partial charge in [0.15, 0.2) is 0 Å². The quantitative estimate of drug-likeness (QED) is 0.767. The van der Waals surface area contributed by atoms with Crippen LogP contribution in [0.4, 0.5) is 4.39 Å². The largest absolute Gasteiger partial charge is 0.351 e. The second-order valence-corrected chi connectivity index (χ2v) is 4.73. The molecule has 0 saturated heterocycles. The van der Waals surface area contributed by atoms with Gasteiger partial charge in [0.25, 0.3) is 5.91 Å². The molecule has 0 spiro atoms. The lowest BCUT2D eigenvalue weighted by Gasteiger charge is -2.02. The van der Waals surface area contributed by atoms with E-state index in [1.165, 1.54) is 25.0 Å². The van der Waals surface area contributed by atoms with Crippen LogP contribution in [0.5, 0.6) is 0 Å². The Bertz CT molecular complexity index is 562. The molecule has 1 heterocycles. The van der Waals surface area contributed by atoms with Gasteiger partial charge in [-0.15, -0.1) is 0 Å². The van der Waals surface area contributed by atoms with E-state index in [1.807, 2.05) is 0 Å². The molecule has 1 aromatic carbocycles. The molecular weight excluding hydrogens is 243 g/mol. The lowest BCUT2D eigenvalue weighted by Crippen LogP contribution is -2.24. The Kier molecular flexibility index (Phi) is 4.55. The van der Waals surface area contributed by atoms with Crippen LogP contribution in [0.3, 0.4) is 0 Å². The van der Waals surface area contributed by atoms with Crippen LogP contribution in [0.15, 0.2) is 24.3 Å². The SMILES string of the molecule is CCCCCCNC(=O)c1cc2cc(F)ccc2[nH]1. The summed E-state index contributed by atoms with van der Waals surface area (Å²) in [6, 6.07) is 6.12. The molecule has 3 nitrogen and oxygen atoms in total. The number of rotatable bonds is 6. The molecule has 19 heavy (non-hydrogen) atoms. The van der Waals surface area contributed by atoms with Gasteiger partial charge < -0.3 is 10.3 Å². The lowest BCUT2D eigenvalue weighted by atomic mass is 10.2. The van der Waals surface area contributed by atoms with E-state index in [-0.39, 0.29) is 11.7 Å². The van der Waals surface area contributed by atoms with E-state index in [2.05, 4.69) is 17.2 Å². The minimum atomic E-state index is -0.293. The highest BCUT2D eigenvalue weighted by Gasteiger charge is 2.09. The van der Waals surface area contributed by atoms with Crippen LogP contribution >= 0.6 is 0 Å². The number of unbranched alkanes of at least 4 members (excludes halogenated alkanes) is 3. The fourth-order valence-electron chi connectivity index (χ4n) is 2.07. The minimum Gasteiger partial charge on any atom is -0.351 e. The Labute approximate surface area is 112 Å². The zero-order valence-corrected chi connectivity index (χ0v) is 11.1. The van der Waals surface area contributed by atoms with Crippen molar-refractivity contribution in [2.45, 2.75) is 32.6 Å². The van der Waals surface area contributed by atoms with E-state index in [4.69, 9.17) is 0 Å². The number of halogens is 1. The van der Waals surface area contributed by atoms with E-state index in [1.54, 1.807) is 12.1 Å². The van der Waals surface area contributed by atoms with E-state index in [9.17, 15) is 9.18 Å². The summed E-state index contributed by atoms with van der Waals surface area (Å²) >= 11 is 0. The van der Waals surface area contributed by atoms with Gasteiger partial charge in [-0.3, -0.25) is 4.79 Å². The molecule has 0 bridgehead atoms. The van der Waals surface area contributed by atoms with Crippen LogP contribution in [0.2, 0.25) is 0 Å². The predicted molar refractivity (Wildman–Crippen MR) is 74.7 cm³/mol. The Morgan fingerprint density at radius 3 is 2.89 bits per heavy atom. The molecule has 0 unspecified atom stereocenters. The molecule has 4 heteroatoms. The van der Waals surface area contributed by atoms with Crippen LogP contribution < -0.4 is 5.32 Å². The number of fused-ring (bicyclic) bond motifs is 1. The van der Waals surface area contributed by atoms with Gasteiger partial charge in [-0.2, -0.15) is 0 Å². The summed E-state index contributed by atoms with van der Waals surface area (Å²) in [7, 11) is 0. The van der Waals surface area contributed by atoms with Crippen LogP contribution in [-0.4, -0.2) is 17.4 Å². The molecule has 1 aromatic heterocycles. The second kappa shape index (κ2) is 6.36.